The number of fused-ring (bicyclic) bond motifs is 3. The van der Waals surface area contributed by atoms with Crippen LogP contribution in [0.3, 0.4) is 0 Å². The Morgan fingerprint density at radius 1 is 0.978 bits per heavy atom. The van der Waals surface area contributed by atoms with Crippen molar-refractivity contribution in [3.63, 3.8) is 0 Å². The van der Waals surface area contributed by atoms with Crippen molar-refractivity contribution in [3.05, 3.63) is 126 Å². The molecule has 0 saturated heterocycles. The van der Waals surface area contributed by atoms with Gasteiger partial charge in [-0.1, -0.05) is 66.7 Å². The number of nitrogens with zero attached hydrogens (tertiary/aromatic N) is 6. The number of rotatable bonds is 9. The summed E-state index contributed by atoms with van der Waals surface area (Å²) in [4.78, 5) is 23.0. The number of amides is 1. The van der Waals surface area contributed by atoms with Crippen molar-refractivity contribution < 1.29 is 9.90 Å². The van der Waals surface area contributed by atoms with Gasteiger partial charge in [0.15, 0.2) is 12.0 Å². The summed E-state index contributed by atoms with van der Waals surface area (Å²) in [6.45, 7) is 1.18. The van der Waals surface area contributed by atoms with E-state index >= 15 is 0 Å². The highest BCUT2D eigenvalue weighted by Crippen LogP contribution is 2.43. The Morgan fingerprint density at radius 3 is 2.49 bits per heavy atom. The molecule has 0 fully saturated rings. The zero-order valence-corrected chi connectivity index (χ0v) is 24.7. The molecule has 45 heavy (non-hydrogen) atoms. The van der Waals surface area contributed by atoms with Gasteiger partial charge in [0.2, 0.25) is 5.91 Å². The standard InChI is InChI=1S/C35H32N8O2/c1-41-21-29(38-22-41)35-42-18-16-28-27(34(42)40-43(35)30-9-5-6-10-31(30)44)19-26(24-7-3-2-4-8-24)33(39-28)25-13-11-23(12-14-25)20-37-17-15-32(36)45/h2-14,16,18-19,21-22,35,37,44H,15,17,20H2,1H3,(H2,36,45). The number of phenolic OH excluding ortho intramolecular Hbond substituents is 1. The van der Waals surface area contributed by atoms with Gasteiger partial charge in [-0.15, -0.1) is 0 Å². The molecule has 1 amide bonds. The number of hydrogen-bond donors (Lipinski definition) is 3. The summed E-state index contributed by atoms with van der Waals surface area (Å²) >= 11 is 0. The van der Waals surface area contributed by atoms with Crippen molar-refractivity contribution in [2.45, 2.75) is 19.1 Å². The van der Waals surface area contributed by atoms with E-state index in [-0.39, 0.29) is 11.7 Å². The summed E-state index contributed by atoms with van der Waals surface area (Å²) in [7, 11) is 1.93. The minimum Gasteiger partial charge on any atom is -0.506 e. The number of imidazole rings is 1. The normalized spacial score (nSPS) is 15.1. The number of anilines is 1. The molecule has 5 aromatic rings. The lowest BCUT2D eigenvalue weighted by atomic mass is 9.94. The summed E-state index contributed by atoms with van der Waals surface area (Å²) in [5.41, 5.74) is 13.3. The number of carbonyl (C=O) groups excluding carboxylic acids is 1. The van der Waals surface area contributed by atoms with Crippen molar-refractivity contribution >= 4 is 23.5 Å². The van der Waals surface area contributed by atoms with E-state index in [1.165, 1.54) is 0 Å². The highest BCUT2D eigenvalue weighted by atomic mass is 16.3. The maximum Gasteiger partial charge on any atom is 0.218 e. The van der Waals surface area contributed by atoms with Crippen LogP contribution in [-0.4, -0.2) is 42.8 Å². The number of pyridine rings is 1. The van der Waals surface area contributed by atoms with E-state index in [2.05, 4.69) is 57.7 Å². The smallest absolute Gasteiger partial charge is 0.218 e. The molecular weight excluding hydrogens is 564 g/mol. The Hall–Kier alpha value is -5.74. The van der Waals surface area contributed by atoms with Gasteiger partial charge in [-0.05, 0) is 35.4 Å². The Bertz CT molecular complexity index is 1930. The third kappa shape index (κ3) is 5.43. The number of carbonyl (C=O) groups is 1. The van der Waals surface area contributed by atoms with E-state index in [1.54, 1.807) is 18.5 Å². The minimum atomic E-state index is -0.400. The summed E-state index contributed by atoms with van der Waals surface area (Å²) < 4.78 is 1.90. The quantitative estimate of drug-likeness (QED) is 0.205. The third-order valence-corrected chi connectivity index (χ3v) is 7.94. The lowest BCUT2D eigenvalue weighted by Crippen LogP contribution is -2.33. The molecule has 7 rings (SSSR count). The maximum absolute atomic E-state index is 11.0. The maximum atomic E-state index is 11.0. The van der Waals surface area contributed by atoms with E-state index in [9.17, 15) is 9.90 Å². The molecule has 0 saturated carbocycles. The second-order valence-corrected chi connectivity index (χ2v) is 11.1. The zero-order chi connectivity index (χ0) is 30.9. The first-order chi connectivity index (χ1) is 22.0. The Balaban J connectivity index is 1.31. The fraction of sp³-hybridized carbons (Fsp3) is 0.143. The largest absolute Gasteiger partial charge is 0.506 e. The number of para-hydroxylation sites is 2. The van der Waals surface area contributed by atoms with Crippen LogP contribution in [0.5, 0.6) is 5.75 Å². The monoisotopic (exact) mass is 596 g/mol. The zero-order valence-electron chi connectivity index (χ0n) is 24.7. The van der Waals surface area contributed by atoms with Gasteiger partial charge in [0.1, 0.15) is 17.1 Å². The van der Waals surface area contributed by atoms with Crippen molar-refractivity contribution in [2.75, 3.05) is 11.6 Å². The fourth-order valence-electron chi connectivity index (χ4n) is 5.73. The molecule has 4 N–H and O–H groups in total. The van der Waals surface area contributed by atoms with Crippen molar-refractivity contribution in [3.8, 4) is 28.1 Å². The van der Waals surface area contributed by atoms with Gasteiger partial charge in [-0.2, -0.15) is 5.10 Å². The van der Waals surface area contributed by atoms with Crippen LogP contribution in [0.4, 0.5) is 5.69 Å². The number of aromatic nitrogens is 3. The van der Waals surface area contributed by atoms with Crippen LogP contribution in [0.15, 0.2) is 109 Å². The second kappa shape index (κ2) is 11.7. The number of primary amides is 1. The van der Waals surface area contributed by atoms with Crippen LogP contribution in [-0.2, 0) is 18.4 Å². The average Bonchev–Trinajstić information content (AvgIpc) is 3.66. The summed E-state index contributed by atoms with van der Waals surface area (Å²) in [6.07, 6.45) is 7.63. The van der Waals surface area contributed by atoms with Gasteiger partial charge < -0.3 is 25.6 Å². The van der Waals surface area contributed by atoms with Gasteiger partial charge in [0.05, 0.1) is 17.7 Å². The van der Waals surface area contributed by atoms with Gasteiger partial charge >= 0.3 is 0 Å². The predicted molar refractivity (Wildman–Crippen MR) is 175 cm³/mol. The molecule has 2 aromatic heterocycles. The lowest BCUT2D eigenvalue weighted by Gasteiger charge is -2.30. The molecule has 224 valence electrons. The van der Waals surface area contributed by atoms with Crippen LogP contribution < -0.4 is 16.1 Å². The van der Waals surface area contributed by atoms with Gasteiger partial charge in [0, 0.05) is 55.6 Å². The number of aromatic hydroxyl groups is 1. The average molecular weight is 597 g/mol. The van der Waals surface area contributed by atoms with Crippen molar-refractivity contribution in [1.29, 1.82) is 0 Å². The first-order valence-electron chi connectivity index (χ1n) is 14.8. The third-order valence-electron chi connectivity index (χ3n) is 7.94. The molecule has 0 spiro atoms. The van der Waals surface area contributed by atoms with Gasteiger partial charge in [-0.3, -0.25) is 4.79 Å². The predicted octanol–water partition coefficient (Wildman–Crippen LogP) is 4.99. The fourth-order valence-corrected chi connectivity index (χ4v) is 5.73. The number of nitrogens with one attached hydrogen (secondary N) is 1. The van der Waals surface area contributed by atoms with E-state index in [1.807, 2.05) is 65.4 Å². The molecule has 2 aliphatic heterocycles. The number of amidine groups is 1. The Kier molecular flexibility index (Phi) is 7.32. The first-order valence-corrected chi connectivity index (χ1v) is 14.8. The van der Waals surface area contributed by atoms with Crippen LogP contribution in [0, 0.1) is 0 Å². The van der Waals surface area contributed by atoms with Crippen LogP contribution in [0.2, 0.25) is 0 Å². The number of hydrogen-bond acceptors (Lipinski definition) is 8. The van der Waals surface area contributed by atoms with E-state index in [4.69, 9.17) is 15.8 Å². The number of phenols is 1. The SMILES string of the molecule is Cn1cnc(C2N3C=Cc4nc(-c5ccc(CNCCC(N)=O)cc5)c(-c5ccccc5)cc4C3=NN2c2ccccc2O)c1. The van der Waals surface area contributed by atoms with E-state index in [0.717, 1.165) is 50.7 Å². The topological polar surface area (TPSA) is 125 Å². The molecule has 2 aliphatic rings. The number of aryl methyl sites for hydroxylation is 1. The second-order valence-electron chi connectivity index (χ2n) is 11.1. The molecule has 10 heteroatoms. The molecular formula is C35H32N8O2. The number of benzene rings is 3. The number of nitrogens with two attached hydrogens (primary N) is 1. The van der Waals surface area contributed by atoms with Crippen LogP contribution in [0.25, 0.3) is 28.5 Å². The molecule has 0 aliphatic carbocycles. The summed E-state index contributed by atoms with van der Waals surface area (Å²) in [5.74, 6) is 0.542. The number of hydrazone groups is 1. The Labute approximate surface area is 260 Å². The molecule has 1 unspecified atom stereocenters. The molecule has 10 nitrogen and oxygen atoms in total. The highest BCUT2D eigenvalue weighted by Gasteiger charge is 2.40. The van der Waals surface area contributed by atoms with Gasteiger partial charge in [0.25, 0.3) is 0 Å². The lowest BCUT2D eigenvalue weighted by molar-refractivity contribution is -0.117. The van der Waals surface area contributed by atoms with Gasteiger partial charge in [-0.25, -0.2) is 15.0 Å². The molecule has 4 heterocycles. The summed E-state index contributed by atoms with van der Waals surface area (Å²) in [5, 5.41) is 21.0. The van der Waals surface area contributed by atoms with Crippen molar-refractivity contribution in [2.24, 2.45) is 17.9 Å². The minimum absolute atomic E-state index is 0.136. The molecule has 0 radical (unpaired) electrons. The summed E-state index contributed by atoms with van der Waals surface area (Å²) in [6, 6.07) is 27.9. The molecule has 3 aromatic carbocycles. The molecule has 1 atom stereocenters. The highest BCUT2D eigenvalue weighted by molar-refractivity contribution is 6.07. The molecule has 0 bridgehead atoms. The first kappa shape index (κ1) is 28.1. The van der Waals surface area contributed by atoms with E-state index < -0.39 is 6.17 Å². The Morgan fingerprint density at radius 2 is 1.76 bits per heavy atom. The van der Waals surface area contributed by atoms with Crippen LogP contribution in [0.1, 0.15) is 35.1 Å². The van der Waals surface area contributed by atoms with E-state index in [0.29, 0.717) is 25.2 Å². The van der Waals surface area contributed by atoms with Crippen LogP contribution >= 0.6 is 0 Å². The van der Waals surface area contributed by atoms with Crippen molar-refractivity contribution in [1.82, 2.24) is 24.8 Å².